The summed E-state index contributed by atoms with van der Waals surface area (Å²) in [6.45, 7) is 0. The molecule has 0 bridgehead atoms. The third-order valence-electron chi connectivity index (χ3n) is 5.16. The van der Waals surface area contributed by atoms with Crippen LogP contribution in [-0.2, 0) is 0 Å². The van der Waals surface area contributed by atoms with Crippen molar-refractivity contribution >= 4 is 38.3 Å². The van der Waals surface area contributed by atoms with Crippen molar-refractivity contribution in [2.45, 2.75) is 0 Å². The molecule has 0 amide bonds. The zero-order valence-electron chi connectivity index (χ0n) is 16.0. The highest BCUT2D eigenvalue weighted by Gasteiger charge is 2.14. The quantitative estimate of drug-likeness (QED) is 0.459. The smallest absolute Gasteiger partial charge is 0.162 e. The van der Waals surface area contributed by atoms with E-state index in [0.717, 1.165) is 43.7 Å². The first-order valence-electron chi connectivity index (χ1n) is 9.13. The molecule has 2 N–H and O–H groups in total. The number of pyridine rings is 3. The number of aromatic nitrogens is 3. The van der Waals surface area contributed by atoms with Crippen molar-refractivity contribution in [2.24, 2.45) is 0 Å². The van der Waals surface area contributed by atoms with E-state index in [1.54, 1.807) is 20.4 Å². The molecule has 0 aliphatic heterocycles. The molecule has 0 radical (unpaired) electrons. The summed E-state index contributed by atoms with van der Waals surface area (Å²) in [6, 6.07) is 13.9. The van der Waals surface area contributed by atoms with Gasteiger partial charge < -0.3 is 15.2 Å². The van der Waals surface area contributed by atoms with E-state index >= 15 is 0 Å². The summed E-state index contributed by atoms with van der Waals surface area (Å²) < 4.78 is 10.9. The zero-order chi connectivity index (χ0) is 20.0. The van der Waals surface area contributed by atoms with Gasteiger partial charge in [-0.1, -0.05) is 24.3 Å². The maximum absolute atomic E-state index is 6.33. The molecule has 3 heterocycles. The van der Waals surface area contributed by atoms with Crippen LogP contribution in [0, 0.1) is 0 Å². The molecule has 0 unspecified atom stereocenters. The second-order valence-corrected chi connectivity index (χ2v) is 6.74. The summed E-state index contributed by atoms with van der Waals surface area (Å²) in [5.41, 5.74) is 8.82. The first-order valence-corrected chi connectivity index (χ1v) is 9.13. The van der Waals surface area contributed by atoms with Crippen LogP contribution in [0.2, 0.25) is 0 Å². The Bertz CT molecular complexity index is 1390. The predicted molar refractivity (Wildman–Crippen MR) is 115 cm³/mol. The number of rotatable bonds is 3. The van der Waals surface area contributed by atoms with Gasteiger partial charge in [0.2, 0.25) is 0 Å². The van der Waals surface area contributed by atoms with Crippen molar-refractivity contribution in [3.63, 3.8) is 0 Å². The van der Waals surface area contributed by atoms with Crippen LogP contribution in [0.25, 0.3) is 43.7 Å². The maximum atomic E-state index is 6.33. The van der Waals surface area contributed by atoms with Crippen LogP contribution in [0.3, 0.4) is 0 Å². The summed E-state index contributed by atoms with van der Waals surface area (Å²) in [5, 5.41) is 4.79. The highest BCUT2D eigenvalue weighted by molar-refractivity contribution is 6.11. The molecule has 0 fully saturated rings. The molecule has 0 saturated heterocycles. The molecular formula is C23H18N4O2. The molecular weight excluding hydrogens is 364 g/mol. The largest absolute Gasteiger partial charge is 0.493 e. The van der Waals surface area contributed by atoms with Crippen molar-refractivity contribution in [1.82, 2.24) is 15.0 Å². The fraction of sp³-hybridized carbons (Fsp3) is 0.0870. The summed E-state index contributed by atoms with van der Waals surface area (Å²) in [6.07, 6.45) is 5.42. The summed E-state index contributed by atoms with van der Waals surface area (Å²) in [5.74, 6) is 1.69. The Labute approximate surface area is 166 Å². The minimum absolute atomic E-state index is 0.426. The molecule has 0 aliphatic rings. The summed E-state index contributed by atoms with van der Waals surface area (Å²) in [7, 11) is 3.23. The Hall–Kier alpha value is -3.93. The van der Waals surface area contributed by atoms with Gasteiger partial charge in [-0.3, -0.25) is 9.97 Å². The second kappa shape index (κ2) is 6.60. The molecule has 3 aromatic heterocycles. The summed E-state index contributed by atoms with van der Waals surface area (Å²) in [4.78, 5) is 13.6. The van der Waals surface area contributed by atoms with Gasteiger partial charge >= 0.3 is 0 Å². The number of methoxy groups -OCH3 is 2. The van der Waals surface area contributed by atoms with E-state index in [0.29, 0.717) is 17.3 Å². The van der Waals surface area contributed by atoms with Gasteiger partial charge in [-0.15, -0.1) is 0 Å². The van der Waals surface area contributed by atoms with Crippen LogP contribution >= 0.6 is 0 Å². The number of hydrogen-bond donors (Lipinski definition) is 1. The molecule has 2 aromatic carbocycles. The molecule has 0 aliphatic carbocycles. The SMILES string of the molecule is COc1cc2ncc3c(N)nc(-c4cncc5ccccc45)cc3c2cc1OC. The Morgan fingerprint density at radius 3 is 2.41 bits per heavy atom. The highest BCUT2D eigenvalue weighted by Crippen LogP contribution is 2.37. The van der Waals surface area contributed by atoms with E-state index in [1.807, 2.05) is 48.8 Å². The van der Waals surface area contributed by atoms with Crippen LogP contribution in [0.15, 0.2) is 61.1 Å². The van der Waals surface area contributed by atoms with Crippen molar-refractivity contribution in [3.05, 3.63) is 61.1 Å². The van der Waals surface area contributed by atoms with Gasteiger partial charge in [-0.05, 0) is 22.9 Å². The Balaban J connectivity index is 1.85. The normalized spacial score (nSPS) is 11.2. The first-order chi connectivity index (χ1) is 14.2. The topological polar surface area (TPSA) is 83.2 Å². The zero-order valence-corrected chi connectivity index (χ0v) is 16.0. The third-order valence-corrected chi connectivity index (χ3v) is 5.16. The average molecular weight is 382 g/mol. The van der Waals surface area contributed by atoms with Gasteiger partial charge in [0.05, 0.1) is 25.4 Å². The van der Waals surface area contributed by atoms with Crippen molar-refractivity contribution < 1.29 is 9.47 Å². The predicted octanol–water partition coefficient (Wildman–Crippen LogP) is 4.60. The fourth-order valence-electron chi connectivity index (χ4n) is 3.72. The van der Waals surface area contributed by atoms with E-state index in [4.69, 9.17) is 15.2 Å². The second-order valence-electron chi connectivity index (χ2n) is 6.74. The number of anilines is 1. The van der Waals surface area contributed by atoms with Gasteiger partial charge in [0.25, 0.3) is 0 Å². The molecule has 0 saturated carbocycles. The number of nitrogens with two attached hydrogens (primary N) is 1. The first kappa shape index (κ1) is 17.2. The van der Waals surface area contributed by atoms with Crippen molar-refractivity contribution in [1.29, 1.82) is 0 Å². The Morgan fingerprint density at radius 1 is 0.793 bits per heavy atom. The van der Waals surface area contributed by atoms with Gasteiger partial charge in [0.1, 0.15) is 5.82 Å². The molecule has 29 heavy (non-hydrogen) atoms. The van der Waals surface area contributed by atoms with Crippen LogP contribution < -0.4 is 15.2 Å². The number of benzene rings is 2. The van der Waals surface area contributed by atoms with E-state index in [2.05, 4.69) is 21.0 Å². The van der Waals surface area contributed by atoms with Crippen LogP contribution in [-0.4, -0.2) is 29.2 Å². The Kier molecular flexibility index (Phi) is 3.91. The van der Waals surface area contributed by atoms with Crippen LogP contribution in [0.4, 0.5) is 5.82 Å². The number of nitrogen functional groups attached to an aromatic ring is 1. The van der Waals surface area contributed by atoms with Crippen LogP contribution in [0.5, 0.6) is 11.5 Å². The van der Waals surface area contributed by atoms with Crippen molar-refractivity contribution in [2.75, 3.05) is 20.0 Å². The van der Waals surface area contributed by atoms with E-state index < -0.39 is 0 Å². The molecule has 0 atom stereocenters. The van der Waals surface area contributed by atoms with Crippen molar-refractivity contribution in [3.8, 4) is 22.8 Å². The lowest BCUT2D eigenvalue weighted by molar-refractivity contribution is 0.356. The molecule has 5 rings (SSSR count). The molecule has 0 spiro atoms. The molecule has 6 nitrogen and oxygen atoms in total. The van der Waals surface area contributed by atoms with E-state index in [-0.39, 0.29) is 0 Å². The van der Waals surface area contributed by atoms with Crippen LogP contribution in [0.1, 0.15) is 0 Å². The maximum Gasteiger partial charge on any atom is 0.162 e. The lowest BCUT2D eigenvalue weighted by Gasteiger charge is -2.13. The summed E-state index contributed by atoms with van der Waals surface area (Å²) >= 11 is 0. The molecule has 142 valence electrons. The number of fused-ring (bicyclic) bond motifs is 4. The minimum Gasteiger partial charge on any atom is -0.493 e. The third kappa shape index (κ3) is 2.69. The van der Waals surface area contributed by atoms with Gasteiger partial charge in [0.15, 0.2) is 11.5 Å². The monoisotopic (exact) mass is 382 g/mol. The molecule has 6 heteroatoms. The molecule has 5 aromatic rings. The van der Waals surface area contributed by atoms with Gasteiger partial charge in [-0.25, -0.2) is 4.98 Å². The number of hydrogen-bond acceptors (Lipinski definition) is 6. The number of ether oxygens (including phenoxy) is 2. The lowest BCUT2D eigenvalue weighted by Crippen LogP contribution is -1.97. The van der Waals surface area contributed by atoms with E-state index in [1.165, 1.54) is 0 Å². The fourth-order valence-corrected chi connectivity index (χ4v) is 3.72. The van der Waals surface area contributed by atoms with Gasteiger partial charge in [0, 0.05) is 46.4 Å². The highest BCUT2D eigenvalue weighted by atomic mass is 16.5. The lowest BCUT2D eigenvalue weighted by atomic mass is 10.0. The number of nitrogens with zero attached hydrogens (tertiary/aromatic N) is 3. The van der Waals surface area contributed by atoms with Gasteiger partial charge in [-0.2, -0.15) is 0 Å². The Morgan fingerprint density at radius 2 is 1.59 bits per heavy atom. The van der Waals surface area contributed by atoms with E-state index in [9.17, 15) is 0 Å². The average Bonchev–Trinajstić information content (AvgIpc) is 2.77. The minimum atomic E-state index is 0.426. The standard InChI is InChI=1S/C23H18N4O2/c1-28-21-8-16-15-7-20(17-11-25-10-13-5-3-4-6-14(13)17)27-23(24)18(15)12-26-19(16)9-22(21)29-2/h3-12H,1-2H3,(H2,24,27).